The Morgan fingerprint density at radius 1 is 1.38 bits per heavy atom. The molecular weight excluding hydrogens is 288 g/mol. The summed E-state index contributed by atoms with van der Waals surface area (Å²) in [4.78, 5) is 26.1. The maximum atomic E-state index is 12.3. The summed E-state index contributed by atoms with van der Waals surface area (Å²) >= 11 is 5.85. The van der Waals surface area contributed by atoms with Gasteiger partial charge in [-0.05, 0) is 44.5 Å². The molecule has 0 aliphatic carbocycles. The molecule has 1 saturated heterocycles. The molecule has 2 amide bonds. The molecule has 5 heteroatoms. The molecule has 114 valence electrons. The summed E-state index contributed by atoms with van der Waals surface area (Å²) in [5, 5.41) is 3.64. The van der Waals surface area contributed by atoms with Crippen LogP contribution in [0.5, 0.6) is 0 Å². The summed E-state index contributed by atoms with van der Waals surface area (Å²) in [6.07, 6.45) is 1.11. The number of carbonyl (C=O) groups excluding carboxylic acids is 2. The monoisotopic (exact) mass is 308 g/mol. The van der Waals surface area contributed by atoms with Crippen LogP contribution in [0.3, 0.4) is 0 Å². The average Bonchev–Trinajstić information content (AvgIpc) is 2.81. The Balaban J connectivity index is 2.05. The number of hydrogen-bond donors (Lipinski definition) is 1. The molecule has 1 atom stereocenters. The molecule has 21 heavy (non-hydrogen) atoms. The third-order valence-corrected chi connectivity index (χ3v) is 4.23. The van der Waals surface area contributed by atoms with E-state index < -0.39 is 0 Å². The van der Waals surface area contributed by atoms with E-state index >= 15 is 0 Å². The Kier molecular flexibility index (Phi) is 4.57. The first-order valence-electron chi connectivity index (χ1n) is 7.20. The lowest BCUT2D eigenvalue weighted by Gasteiger charge is -2.26. The standard InChI is InChI=1S/C16H21ClN2O2/c1-4-16(2,3)18-15(21)11-9-14(20)19(10-11)13-7-5-12(17)6-8-13/h5-8,11H,4,9-10H2,1-3H3,(H,18,21). The maximum Gasteiger partial charge on any atom is 0.227 e. The van der Waals surface area contributed by atoms with Gasteiger partial charge in [0, 0.05) is 29.2 Å². The van der Waals surface area contributed by atoms with E-state index in [0.717, 1.165) is 12.1 Å². The largest absolute Gasteiger partial charge is 0.351 e. The maximum absolute atomic E-state index is 12.3. The van der Waals surface area contributed by atoms with Crippen LogP contribution >= 0.6 is 11.6 Å². The predicted octanol–water partition coefficient (Wildman–Crippen LogP) is 3.00. The van der Waals surface area contributed by atoms with Crippen LogP contribution in [0, 0.1) is 5.92 Å². The topological polar surface area (TPSA) is 49.4 Å². The first-order valence-corrected chi connectivity index (χ1v) is 7.58. The van der Waals surface area contributed by atoms with Gasteiger partial charge in [0.15, 0.2) is 0 Å². The minimum atomic E-state index is -0.293. The van der Waals surface area contributed by atoms with E-state index in [9.17, 15) is 9.59 Å². The average molecular weight is 309 g/mol. The SMILES string of the molecule is CCC(C)(C)NC(=O)C1CC(=O)N(c2ccc(Cl)cc2)C1. The molecule has 0 aromatic heterocycles. The van der Waals surface area contributed by atoms with Crippen molar-refractivity contribution in [2.24, 2.45) is 5.92 Å². The number of rotatable bonds is 4. The highest BCUT2D eigenvalue weighted by Crippen LogP contribution is 2.26. The molecule has 1 aromatic carbocycles. The van der Waals surface area contributed by atoms with Crippen molar-refractivity contribution in [2.75, 3.05) is 11.4 Å². The summed E-state index contributed by atoms with van der Waals surface area (Å²) in [6, 6.07) is 7.10. The van der Waals surface area contributed by atoms with Crippen LogP contribution in [0.1, 0.15) is 33.6 Å². The van der Waals surface area contributed by atoms with Crippen LogP contribution in [-0.2, 0) is 9.59 Å². The van der Waals surface area contributed by atoms with Gasteiger partial charge in [0.2, 0.25) is 11.8 Å². The molecule has 1 aliphatic rings. The summed E-state index contributed by atoms with van der Waals surface area (Å²) in [5.41, 5.74) is 0.544. The van der Waals surface area contributed by atoms with Crippen LogP contribution in [0.15, 0.2) is 24.3 Å². The van der Waals surface area contributed by atoms with Gasteiger partial charge in [0.1, 0.15) is 0 Å². The lowest BCUT2D eigenvalue weighted by atomic mass is 9.99. The van der Waals surface area contributed by atoms with Gasteiger partial charge < -0.3 is 10.2 Å². The fourth-order valence-corrected chi connectivity index (χ4v) is 2.40. The van der Waals surface area contributed by atoms with E-state index in [1.165, 1.54) is 0 Å². The van der Waals surface area contributed by atoms with E-state index in [1.807, 2.05) is 20.8 Å². The molecule has 0 spiro atoms. The minimum absolute atomic E-state index is 0.0215. The van der Waals surface area contributed by atoms with Crippen molar-refractivity contribution < 1.29 is 9.59 Å². The van der Waals surface area contributed by atoms with Gasteiger partial charge in [0.25, 0.3) is 0 Å². The van der Waals surface area contributed by atoms with Crippen LogP contribution in [0.25, 0.3) is 0 Å². The van der Waals surface area contributed by atoms with Gasteiger partial charge in [-0.1, -0.05) is 18.5 Å². The van der Waals surface area contributed by atoms with E-state index in [4.69, 9.17) is 11.6 Å². The van der Waals surface area contributed by atoms with Gasteiger partial charge >= 0.3 is 0 Å². The van der Waals surface area contributed by atoms with Gasteiger partial charge in [0.05, 0.1) is 5.92 Å². The second-order valence-corrected chi connectivity index (χ2v) is 6.54. The molecule has 1 unspecified atom stereocenters. The molecule has 4 nitrogen and oxygen atoms in total. The van der Waals surface area contributed by atoms with Gasteiger partial charge in [-0.3, -0.25) is 9.59 Å². The highest BCUT2D eigenvalue weighted by molar-refractivity contribution is 6.30. The van der Waals surface area contributed by atoms with Crippen molar-refractivity contribution >= 4 is 29.1 Å². The summed E-state index contributed by atoms with van der Waals surface area (Å²) in [6.45, 7) is 6.42. The van der Waals surface area contributed by atoms with Gasteiger partial charge in [-0.25, -0.2) is 0 Å². The highest BCUT2D eigenvalue weighted by Gasteiger charge is 2.36. The number of carbonyl (C=O) groups is 2. The number of benzene rings is 1. The summed E-state index contributed by atoms with van der Waals surface area (Å²) in [7, 11) is 0. The Morgan fingerprint density at radius 2 is 2.00 bits per heavy atom. The van der Waals surface area contributed by atoms with Crippen LogP contribution in [0.4, 0.5) is 5.69 Å². The number of nitrogens with one attached hydrogen (secondary N) is 1. The first-order chi connectivity index (χ1) is 9.82. The molecule has 2 rings (SSSR count). The molecule has 1 aliphatic heterocycles. The zero-order chi connectivity index (χ0) is 15.6. The number of anilines is 1. The summed E-state index contributed by atoms with van der Waals surface area (Å²) < 4.78 is 0. The number of hydrogen-bond acceptors (Lipinski definition) is 2. The smallest absolute Gasteiger partial charge is 0.227 e. The number of amides is 2. The van der Waals surface area contributed by atoms with Gasteiger partial charge in [-0.15, -0.1) is 0 Å². The van der Waals surface area contributed by atoms with E-state index in [0.29, 0.717) is 11.6 Å². The van der Waals surface area contributed by atoms with Crippen molar-refractivity contribution in [1.29, 1.82) is 0 Å². The molecule has 0 bridgehead atoms. The highest BCUT2D eigenvalue weighted by atomic mass is 35.5. The van der Waals surface area contributed by atoms with Crippen molar-refractivity contribution in [3.63, 3.8) is 0 Å². The molecule has 1 fully saturated rings. The first kappa shape index (κ1) is 15.8. The van der Waals surface area contributed by atoms with Crippen molar-refractivity contribution in [3.05, 3.63) is 29.3 Å². The molecule has 1 N–H and O–H groups in total. The van der Waals surface area contributed by atoms with Crippen molar-refractivity contribution in [3.8, 4) is 0 Å². The Morgan fingerprint density at radius 3 is 2.57 bits per heavy atom. The minimum Gasteiger partial charge on any atom is -0.351 e. The third kappa shape index (κ3) is 3.76. The second-order valence-electron chi connectivity index (χ2n) is 6.11. The molecular formula is C16H21ClN2O2. The Hall–Kier alpha value is -1.55. The zero-order valence-corrected chi connectivity index (χ0v) is 13.4. The Bertz CT molecular complexity index is 540. The molecule has 0 saturated carbocycles. The van der Waals surface area contributed by atoms with Crippen molar-refractivity contribution in [2.45, 2.75) is 39.2 Å². The second kappa shape index (κ2) is 6.06. The summed E-state index contributed by atoms with van der Waals surface area (Å²) in [5.74, 6) is -0.363. The van der Waals surface area contributed by atoms with Crippen LogP contribution < -0.4 is 10.2 Å². The quantitative estimate of drug-likeness (QED) is 0.929. The van der Waals surface area contributed by atoms with E-state index in [1.54, 1.807) is 29.2 Å². The fourth-order valence-electron chi connectivity index (χ4n) is 2.28. The fraction of sp³-hybridized carbons (Fsp3) is 0.500. The number of nitrogens with zero attached hydrogens (tertiary/aromatic N) is 1. The number of halogens is 1. The lowest BCUT2D eigenvalue weighted by Crippen LogP contribution is -2.46. The van der Waals surface area contributed by atoms with Gasteiger partial charge in [-0.2, -0.15) is 0 Å². The van der Waals surface area contributed by atoms with E-state index in [-0.39, 0.29) is 29.7 Å². The molecule has 1 aromatic rings. The van der Waals surface area contributed by atoms with E-state index in [2.05, 4.69) is 5.32 Å². The molecule has 0 radical (unpaired) electrons. The van der Waals surface area contributed by atoms with Crippen LogP contribution in [-0.4, -0.2) is 23.9 Å². The Labute approximate surface area is 130 Å². The normalized spacial score (nSPS) is 19.0. The zero-order valence-electron chi connectivity index (χ0n) is 12.6. The predicted molar refractivity (Wildman–Crippen MR) is 84.4 cm³/mol. The van der Waals surface area contributed by atoms with Crippen molar-refractivity contribution in [1.82, 2.24) is 5.32 Å². The van der Waals surface area contributed by atoms with Crippen LogP contribution in [0.2, 0.25) is 5.02 Å². The third-order valence-electron chi connectivity index (χ3n) is 3.98. The molecule has 1 heterocycles. The lowest BCUT2D eigenvalue weighted by molar-refractivity contribution is -0.127.